The van der Waals surface area contributed by atoms with Gasteiger partial charge in [0, 0.05) is 12.1 Å². The molecule has 0 aromatic heterocycles. The normalized spacial score (nSPS) is 17.8. The number of carbonyl (C=O) groups excluding carboxylic acids is 2. The van der Waals surface area contributed by atoms with E-state index < -0.39 is 40.7 Å². The molecule has 44 heavy (non-hydrogen) atoms. The lowest BCUT2D eigenvalue weighted by Crippen LogP contribution is -2.43. The zero-order valence-corrected chi connectivity index (χ0v) is 25.0. The van der Waals surface area contributed by atoms with E-state index >= 15 is 4.39 Å². The van der Waals surface area contributed by atoms with Crippen molar-refractivity contribution >= 4 is 23.2 Å². The summed E-state index contributed by atoms with van der Waals surface area (Å²) in [5.74, 6) is -3.03. The predicted octanol–water partition coefficient (Wildman–Crippen LogP) is 5.88. The molecule has 9 nitrogen and oxygen atoms in total. The van der Waals surface area contributed by atoms with Crippen LogP contribution in [0.4, 0.5) is 23.2 Å². The predicted molar refractivity (Wildman–Crippen MR) is 157 cm³/mol. The largest absolute Gasteiger partial charge is 0.495 e. The third-order valence-corrected chi connectivity index (χ3v) is 7.25. The van der Waals surface area contributed by atoms with Gasteiger partial charge < -0.3 is 29.7 Å². The molecule has 1 amide bonds. The van der Waals surface area contributed by atoms with Gasteiger partial charge in [-0.1, -0.05) is 18.7 Å². The van der Waals surface area contributed by atoms with E-state index in [9.17, 15) is 22.8 Å². The molecule has 1 saturated heterocycles. The van der Waals surface area contributed by atoms with Gasteiger partial charge in [-0.25, -0.2) is 4.39 Å². The SMILES string of the molecule is C=C/C(=C(\N=C(C)Nc1cc(F)c(C(=O)NC2CCN(C)CC2)cc1OC)Oc1cccc2c1C(=O)C(C)(C)O2)C(F)(F)F. The van der Waals surface area contributed by atoms with Gasteiger partial charge in [-0.2, -0.15) is 18.2 Å². The molecule has 0 aliphatic carbocycles. The van der Waals surface area contributed by atoms with Gasteiger partial charge in [0.25, 0.3) is 5.91 Å². The van der Waals surface area contributed by atoms with Crippen molar-refractivity contribution in [2.45, 2.75) is 51.4 Å². The maximum Gasteiger partial charge on any atom is 0.421 e. The molecule has 2 N–H and O–H groups in total. The number of Topliss-reactive ketones (excluding diaryl/α,β-unsaturated/α-hetero) is 1. The fourth-order valence-electron chi connectivity index (χ4n) is 4.88. The van der Waals surface area contributed by atoms with E-state index in [-0.39, 0.29) is 45.9 Å². The van der Waals surface area contributed by atoms with Gasteiger partial charge >= 0.3 is 6.18 Å². The van der Waals surface area contributed by atoms with Gasteiger partial charge in [0.1, 0.15) is 40.0 Å². The second-order valence-corrected chi connectivity index (χ2v) is 11.0. The number of nitrogens with one attached hydrogen (secondary N) is 2. The Labute approximate surface area is 252 Å². The summed E-state index contributed by atoms with van der Waals surface area (Å²) in [5, 5.41) is 5.56. The van der Waals surface area contributed by atoms with Crippen LogP contribution in [0.5, 0.6) is 17.2 Å². The van der Waals surface area contributed by atoms with Crippen LogP contribution in [0.1, 0.15) is 54.3 Å². The van der Waals surface area contributed by atoms with Crippen molar-refractivity contribution in [1.82, 2.24) is 10.2 Å². The molecule has 1 fully saturated rings. The summed E-state index contributed by atoms with van der Waals surface area (Å²) in [6, 6.07) is 6.39. The van der Waals surface area contributed by atoms with E-state index in [1.54, 1.807) is 0 Å². The average molecular weight is 619 g/mol. The number of alkyl halides is 3. The Balaban J connectivity index is 1.64. The Morgan fingerprint density at radius 1 is 1.20 bits per heavy atom. The van der Waals surface area contributed by atoms with Crippen LogP contribution in [0, 0.1) is 5.82 Å². The number of fused-ring (bicyclic) bond motifs is 1. The molecule has 0 spiro atoms. The zero-order chi connectivity index (χ0) is 32.4. The number of anilines is 1. The first-order chi connectivity index (χ1) is 20.6. The van der Waals surface area contributed by atoms with Crippen LogP contribution in [0.2, 0.25) is 0 Å². The zero-order valence-electron chi connectivity index (χ0n) is 25.0. The summed E-state index contributed by atoms with van der Waals surface area (Å²) in [4.78, 5) is 31.9. The second-order valence-electron chi connectivity index (χ2n) is 11.0. The number of rotatable bonds is 8. The second kappa shape index (κ2) is 12.7. The number of ketones is 1. The van der Waals surface area contributed by atoms with E-state index in [0.717, 1.165) is 32.0 Å². The number of benzene rings is 2. The number of amides is 1. The molecule has 236 valence electrons. The van der Waals surface area contributed by atoms with Crippen LogP contribution in [-0.4, -0.2) is 67.5 Å². The first-order valence-electron chi connectivity index (χ1n) is 13.8. The highest BCUT2D eigenvalue weighted by molar-refractivity contribution is 6.09. The monoisotopic (exact) mass is 618 g/mol. The van der Waals surface area contributed by atoms with E-state index in [0.29, 0.717) is 6.08 Å². The molecule has 2 aliphatic rings. The number of nitrogens with zero attached hydrogens (tertiary/aromatic N) is 2. The Hall–Kier alpha value is -4.39. The number of likely N-dealkylation sites (tertiary alicyclic amines) is 1. The van der Waals surface area contributed by atoms with Gasteiger partial charge in [-0.05, 0) is 71.9 Å². The minimum absolute atomic E-state index is 0.000432. The van der Waals surface area contributed by atoms with Crippen LogP contribution in [0.25, 0.3) is 0 Å². The van der Waals surface area contributed by atoms with Crippen molar-refractivity contribution in [1.29, 1.82) is 0 Å². The minimum atomic E-state index is -4.93. The summed E-state index contributed by atoms with van der Waals surface area (Å²) in [5.41, 5.74) is -2.84. The van der Waals surface area contributed by atoms with Crippen LogP contribution in [0.15, 0.2) is 59.4 Å². The average Bonchev–Trinajstić information content (AvgIpc) is 3.17. The topological polar surface area (TPSA) is 101 Å². The minimum Gasteiger partial charge on any atom is -0.495 e. The summed E-state index contributed by atoms with van der Waals surface area (Å²) >= 11 is 0. The van der Waals surface area contributed by atoms with Crippen molar-refractivity contribution in [3.05, 3.63) is 71.4 Å². The lowest BCUT2D eigenvalue weighted by molar-refractivity contribution is -0.0905. The fraction of sp³-hybridized carbons (Fsp3) is 0.387. The highest BCUT2D eigenvalue weighted by atomic mass is 19.4. The van der Waals surface area contributed by atoms with Crippen LogP contribution in [-0.2, 0) is 0 Å². The maximum absolute atomic E-state index is 15.2. The van der Waals surface area contributed by atoms with Crippen molar-refractivity contribution < 1.29 is 41.4 Å². The van der Waals surface area contributed by atoms with Gasteiger partial charge in [0.05, 0.1) is 18.4 Å². The van der Waals surface area contributed by atoms with Crippen LogP contribution < -0.4 is 24.8 Å². The smallest absolute Gasteiger partial charge is 0.421 e. The van der Waals surface area contributed by atoms with Gasteiger partial charge in [-0.3, -0.25) is 9.59 Å². The van der Waals surface area contributed by atoms with Crippen molar-refractivity contribution in [2.75, 3.05) is 32.6 Å². The molecule has 2 aromatic rings. The molecule has 0 atom stereocenters. The molecule has 13 heteroatoms. The molecule has 2 heterocycles. The van der Waals surface area contributed by atoms with Gasteiger partial charge in [0.15, 0.2) is 5.60 Å². The molecule has 0 bridgehead atoms. The van der Waals surface area contributed by atoms with Crippen LogP contribution in [0.3, 0.4) is 0 Å². The quantitative estimate of drug-likeness (QED) is 0.125. The number of amidine groups is 1. The number of carbonyl (C=O) groups is 2. The highest BCUT2D eigenvalue weighted by Gasteiger charge is 2.43. The number of ether oxygens (including phenoxy) is 3. The summed E-state index contributed by atoms with van der Waals surface area (Å²) < 4.78 is 73.8. The van der Waals surface area contributed by atoms with Crippen molar-refractivity contribution in [3.8, 4) is 17.2 Å². The number of halogens is 4. The molecule has 0 saturated carbocycles. The number of aliphatic imine (C=N–C) groups is 1. The number of methoxy groups -OCH3 is 1. The molecular weight excluding hydrogens is 584 g/mol. The fourth-order valence-corrected chi connectivity index (χ4v) is 4.88. The molecular formula is C31H34F4N4O5. The van der Waals surface area contributed by atoms with Crippen LogP contribution >= 0.6 is 0 Å². The molecule has 0 unspecified atom stereocenters. The lowest BCUT2D eigenvalue weighted by atomic mass is 9.99. The Kier molecular flexibility index (Phi) is 9.38. The lowest BCUT2D eigenvalue weighted by Gasteiger charge is -2.29. The summed E-state index contributed by atoms with van der Waals surface area (Å²) in [7, 11) is 3.28. The number of hydrogen-bond acceptors (Lipinski definition) is 7. The van der Waals surface area contributed by atoms with Crippen molar-refractivity contribution in [3.63, 3.8) is 0 Å². The van der Waals surface area contributed by atoms with E-state index in [2.05, 4.69) is 27.1 Å². The molecule has 2 aliphatic heterocycles. The summed E-state index contributed by atoms with van der Waals surface area (Å²) in [6.07, 6.45) is -2.94. The number of allylic oxidation sites excluding steroid dienone is 2. The van der Waals surface area contributed by atoms with Gasteiger partial charge in [-0.15, -0.1) is 0 Å². The first kappa shape index (κ1) is 32.5. The van der Waals surface area contributed by atoms with E-state index in [1.807, 2.05) is 7.05 Å². The first-order valence-corrected chi connectivity index (χ1v) is 13.8. The standard InChI is InChI=1S/C31H34F4N4O5/c1-7-20(31(33,34)35)29(43-23-9-8-10-24-26(23)27(40)30(3,4)44-24)37-17(2)36-22-16-21(32)19(15-25(22)42-6)28(41)38-18-11-13-39(5)14-12-18/h7-10,15-16,18H,1,11-14H2,2-6H3,(H,36,37)(H,38,41)/b29-20-. The van der Waals surface area contributed by atoms with E-state index in [1.165, 1.54) is 52.1 Å². The third-order valence-electron chi connectivity index (χ3n) is 7.25. The van der Waals surface area contributed by atoms with Crippen molar-refractivity contribution in [2.24, 2.45) is 4.99 Å². The Bertz CT molecular complexity index is 1530. The van der Waals surface area contributed by atoms with Gasteiger partial charge in [0.2, 0.25) is 11.7 Å². The number of hydrogen-bond donors (Lipinski definition) is 2. The number of piperidine rings is 1. The third kappa shape index (κ3) is 7.04. The maximum atomic E-state index is 15.2. The summed E-state index contributed by atoms with van der Waals surface area (Å²) in [6.45, 7) is 9.24. The Morgan fingerprint density at radius 3 is 2.50 bits per heavy atom. The van der Waals surface area contributed by atoms with E-state index in [4.69, 9.17) is 14.2 Å². The molecule has 0 radical (unpaired) electrons. The Morgan fingerprint density at radius 2 is 1.89 bits per heavy atom. The highest BCUT2D eigenvalue weighted by Crippen LogP contribution is 2.42. The molecule has 2 aromatic carbocycles. The molecule has 4 rings (SSSR count).